The van der Waals surface area contributed by atoms with Crippen LogP contribution in [0.5, 0.6) is 0 Å². The summed E-state index contributed by atoms with van der Waals surface area (Å²) in [6, 6.07) is 0. The highest BCUT2D eigenvalue weighted by Gasteiger charge is 2.17. The maximum absolute atomic E-state index is 1.87. The molecule has 1 heteroatoms. The maximum Gasteiger partial charge on any atom is -0.0168 e. The number of hydrogen-bond donors (Lipinski definition) is 0. The van der Waals surface area contributed by atoms with Crippen molar-refractivity contribution in [2.75, 3.05) is 0 Å². The molecule has 2 aliphatic carbocycles. The van der Waals surface area contributed by atoms with Crippen LogP contribution in [0.3, 0.4) is 0 Å². The van der Waals surface area contributed by atoms with Crippen molar-refractivity contribution in [1.29, 1.82) is 0 Å². The van der Waals surface area contributed by atoms with Crippen molar-refractivity contribution < 1.29 is 0 Å². The van der Waals surface area contributed by atoms with Crippen LogP contribution in [0.1, 0.15) is 128 Å². The molecule has 0 nitrogen and oxygen atoms in total. The standard InChI is InChI=1S/C22H42P/c1-2-6-10-14-18-21(17-13-9-5-1)23-22-19-15-11-7-3-4-8-12-16-20-22/h21-22H,1-20H2. The highest BCUT2D eigenvalue weighted by Crippen LogP contribution is 2.39. The van der Waals surface area contributed by atoms with Gasteiger partial charge in [0.15, 0.2) is 0 Å². The molecular formula is C22H42P. The Morgan fingerprint density at radius 3 is 0.783 bits per heavy atom. The summed E-state index contributed by atoms with van der Waals surface area (Å²) in [4.78, 5) is 0. The van der Waals surface area contributed by atoms with Crippen LogP contribution in [-0.2, 0) is 0 Å². The molecule has 0 saturated heterocycles. The number of hydrogen-bond acceptors (Lipinski definition) is 0. The van der Waals surface area contributed by atoms with Gasteiger partial charge < -0.3 is 0 Å². The van der Waals surface area contributed by atoms with E-state index < -0.39 is 0 Å². The third-order valence-electron chi connectivity index (χ3n) is 6.07. The molecule has 0 atom stereocenters. The Labute approximate surface area is 148 Å². The first-order valence-corrected chi connectivity index (χ1v) is 12.2. The summed E-state index contributed by atoms with van der Waals surface area (Å²) in [6.45, 7) is 0. The lowest BCUT2D eigenvalue weighted by Crippen LogP contribution is -2.10. The van der Waals surface area contributed by atoms with Gasteiger partial charge in [-0.2, -0.15) is 0 Å². The van der Waals surface area contributed by atoms with E-state index in [1.807, 2.05) is 8.58 Å². The largest absolute Gasteiger partial charge is 0.0741 e. The Kier molecular flexibility index (Phi) is 11.8. The summed E-state index contributed by atoms with van der Waals surface area (Å²) in [5, 5.41) is 0. The second-order valence-corrected chi connectivity index (χ2v) is 10.0. The summed E-state index contributed by atoms with van der Waals surface area (Å²) in [5.41, 5.74) is 2.09. The van der Waals surface area contributed by atoms with Gasteiger partial charge in [-0.1, -0.05) is 111 Å². The lowest BCUT2D eigenvalue weighted by molar-refractivity contribution is 0.568. The van der Waals surface area contributed by atoms with Gasteiger partial charge >= 0.3 is 0 Å². The van der Waals surface area contributed by atoms with Gasteiger partial charge in [0.05, 0.1) is 0 Å². The van der Waals surface area contributed by atoms with Crippen molar-refractivity contribution in [3.8, 4) is 0 Å². The second kappa shape index (κ2) is 13.7. The van der Waals surface area contributed by atoms with E-state index in [9.17, 15) is 0 Å². The van der Waals surface area contributed by atoms with E-state index in [1.54, 1.807) is 0 Å². The van der Waals surface area contributed by atoms with E-state index in [2.05, 4.69) is 0 Å². The zero-order chi connectivity index (χ0) is 16.0. The van der Waals surface area contributed by atoms with Crippen molar-refractivity contribution in [1.82, 2.24) is 0 Å². The highest BCUT2D eigenvalue weighted by molar-refractivity contribution is 7.39. The average Bonchev–Trinajstić information content (AvgIpc) is 2.66. The molecule has 2 saturated carbocycles. The van der Waals surface area contributed by atoms with Crippen LogP contribution in [0.15, 0.2) is 0 Å². The molecule has 2 fully saturated rings. The van der Waals surface area contributed by atoms with E-state index >= 15 is 0 Å². The monoisotopic (exact) mass is 337 g/mol. The summed E-state index contributed by atoms with van der Waals surface area (Å²) in [7, 11) is 1.87. The Hall–Kier alpha value is 0.430. The molecule has 0 aliphatic heterocycles. The molecule has 0 amide bonds. The molecule has 0 bridgehead atoms. The smallest absolute Gasteiger partial charge is 0.0168 e. The fourth-order valence-corrected chi connectivity index (χ4v) is 6.45. The summed E-state index contributed by atoms with van der Waals surface area (Å²) < 4.78 is 0. The quantitative estimate of drug-likeness (QED) is 0.443. The molecule has 0 aromatic heterocycles. The van der Waals surface area contributed by atoms with Gasteiger partial charge in [-0.25, -0.2) is 0 Å². The molecule has 0 aromatic carbocycles. The predicted molar refractivity (Wildman–Crippen MR) is 107 cm³/mol. The molecule has 1 radical (unpaired) electrons. The second-order valence-electron chi connectivity index (χ2n) is 8.27. The van der Waals surface area contributed by atoms with Crippen LogP contribution in [0, 0.1) is 0 Å². The van der Waals surface area contributed by atoms with Crippen LogP contribution in [0.2, 0.25) is 0 Å². The van der Waals surface area contributed by atoms with Gasteiger partial charge in [0.25, 0.3) is 0 Å². The fraction of sp³-hybridized carbons (Fsp3) is 1.00. The first-order chi connectivity index (χ1) is 11.4. The summed E-state index contributed by atoms with van der Waals surface area (Å²) in [6.07, 6.45) is 30.3. The molecule has 2 rings (SSSR count). The zero-order valence-electron chi connectivity index (χ0n) is 15.7. The molecule has 135 valence electrons. The van der Waals surface area contributed by atoms with Crippen LogP contribution in [0.25, 0.3) is 0 Å². The van der Waals surface area contributed by atoms with E-state index in [0.29, 0.717) is 0 Å². The summed E-state index contributed by atoms with van der Waals surface area (Å²) >= 11 is 0. The van der Waals surface area contributed by atoms with Crippen LogP contribution >= 0.6 is 8.58 Å². The number of rotatable bonds is 2. The normalized spacial score (nSPS) is 26.1. The molecule has 0 N–H and O–H groups in total. The van der Waals surface area contributed by atoms with Gasteiger partial charge in [-0.3, -0.25) is 0 Å². The third kappa shape index (κ3) is 10.1. The first kappa shape index (κ1) is 19.8. The van der Waals surface area contributed by atoms with Gasteiger partial charge in [0.2, 0.25) is 0 Å². The fourth-order valence-electron chi connectivity index (χ4n) is 4.53. The van der Waals surface area contributed by atoms with Crippen molar-refractivity contribution in [3.05, 3.63) is 0 Å². The molecule has 0 spiro atoms. The average molecular weight is 338 g/mol. The molecule has 2 aliphatic rings. The molecule has 23 heavy (non-hydrogen) atoms. The van der Waals surface area contributed by atoms with Crippen LogP contribution in [-0.4, -0.2) is 11.3 Å². The predicted octanol–water partition coefficient (Wildman–Crippen LogP) is 8.50. The summed E-state index contributed by atoms with van der Waals surface area (Å²) in [5.74, 6) is 0. The minimum Gasteiger partial charge on any atom is -0.0741 e. The van der Waals surface area contributed by atoms with Crippen molar-refractivity contribution in [2.24, 2.45) is 0 Å². The third-order valence-corrected chi connectivity index (χ3v) is 7.95. The highest BCUT2D eigenvalue weighted by atomic mass is 31.1. The molecular weight excluding hydrogens is 295 g/mol. The van der Waals surface area contributed by atoms with E-state index in [-0.39, 0.29) is 0 Å². The zero-order valence-corrected chi connectivity index (χ0v) is 16.6. The molecule has 0 aromatic rings. The Bertz CT molecular complexity index is 213. The van der Waals surface area contributed by atoms with Crippen LogP contribution < -0.4 is 0 Å². The Balaban J connectivity index is 1.76. The topological polar surface area (TPSA) is 0 Å². The molecule has 0 unspecified atom stereocenters. The minimum absolute atomic E-state index is 1.04. The van der Waals surface area contributed by atoms with Crippen molar-refractivity contribution >= 4 is 8.58 Å². The maximum atomic E-state index is 1.87. The van der Waals surface area contributed by atoms with Crippen molar-refractivity contribution in [3.63, 3.8) is 0 Å². The lowest BCUT2D eigenvalue weighted by Gasteiger charge is -2.23. The Morgan fingerprint density at radius 1 is 0.304 bits per heavy atom. The minimum atomic E-state index is 1.04. The van der Waals surface area contributed by atoms with Gasteiger partial charge in [0, 0.05) is 0 Å². The first-order valence-electron chi connectivity index (χ1n) is 11.1. The van der Waals surface area contributed by atoms with Gasteiger partial charge in [-0.15, -0.1) is 0 Å². The van der Waals surface area contributed by atoms with E-state index in [4.69, 9.17) is 0 Å². The SMILES string of the molecule is C1CCCCCC([P]C2CCCCCCCCCC2)CCCC1. The van der Waals surface area contributed by atoms with Gasteiger partial charge in [0.1, 0.15) is 0 Å². The molecule has 0 heterocycles. The lowest BCUT2D eigenvalue weighted by atomic mass is 10.1. The Morgan fingerprint density at radius 2 is 0.522 bits per heavy atom. The van der Waals surface area contributed by atoms with E-state index in [1.165, 1.54) is 128 Å². The van der Waals surface area contributed by atoms with Crippen molar-refractivity contribution in [2.45, 2.75) is 140 Å². The van der Waals surface area contributed by atoms with Crippen LogP contribution in [0.4, 0.5) is 0 Å². The van der Waals surface area contributed by atoms with E-state index in [0.717, 1.165) is 11.3 Å². The van der Waals surface area contributed by atoms with Gasteiger partial charge in [-0.05, 0) is 37.0 Å².